The molecule has 0 unspecified atom stereocenters. The molecule has 0 radical (unpaired) electrons. The number of nitrogens with zero attached hydrogens (tertiary/aromatic N) is 1. The van der Waals surface area contributed by atoms with Crippen LogP contribution in [0.2, 0.25) is 0 Å². The molecular weight excluding hydrogens is 448 g/mol. The fourth-order valence-electron chi connectivity index (χ4n) is 2.02. The van der Waals surface area contributed by atoms with E-state index in [1.807, 2.05) is 24.3 Å². The SMILES string of the molecule is CC(C)(C)c1ccc(/C=N/NC(=O)COc2ccc(Br)cc2Br)cc1. The molecule has 25 heavy (non-hydrogen) atoms. The summed E-state index contributed by atoms with van der Waals surface area (Å²) in [5.74, 6) is 0.275. The van der Waals surface area contributed by atoms with E-state index in [0.29, 0.717) is 5.75 Å². The van der Waals surface area contributed by atoms with Gasteiger partial charge in [-0.25, -0.2) is 5.43 Å². The number of amides is 1. The van der Waals surface area contributed by atoms with Gasteiger partial charge in [0.15, 0.2) is 6.61 Å². The average molecular weight is 468 g/mol. The average Bonchev–Trinajstić information content (AvgIpc) is 2.53. The minimum Gasteiger partial charge on any atom is -0.483 e. The number of benzene rings is 2. The van der Waals surface area contributed by atoms with Gasteiger partial charge in [0.1, 0.15) is 5.75 Å². The Morgan fingerprint density at radius 1 is 1.16 bits per heavy atom. The molecule has 0 aliphatic carbocycles. The first-order chi connectivity index (χ1) is 11.8. The molecule has 4 nitrogen and oxygen atoms in total. The van der Waals surface area contributed by atoms with Crippen molar-refractivity contribution in [3.8, 4) is 5.75 Å². The molecule has 1 N–H and O–H groups in total. The van der Waals surface area contributed by atoms with Crippen LogP contribution >= 0.6 is 31.9 Å². The zero-order chi connectivity index (χ0) is 18.4. The van der Waals surface area contributed by atoms with Crippen LogP contribution in [-0.4, -0.2) is 18.7 Å². The van der Waals surface area contributed by atoms with Gasteiger partial charge >= 0.3 is 0 Å². The van der Waals surface area contributed by atoms with Crippen molar-refractivity contribution >= 4 is 44.0 Å². The summed E-state index contributed by atoms with van der Waals surface area (Å²) in [5.41, 5.74) is 4.74. The van der Waals surface area contributed by atoms with Gasteiger partial charge in [-0.15, -0.1) is 0 Å². The number of hydrazone groups is 1. The Morgan fingerprint density at radius 3 is 2.44 bits per heavy atom. The van der Waals surface area contributed by atoms with Gasteiger partial charge < -0.3 is 4.74 Å². The minimum absolute atomic E-state index is 0.111. The quantitative estimate of drug-likeness (QED) is 0.494. The second-order valence-electron chi connectivity index (χ2n) is 6.53. The summed E-state index contributed by atoms with van der Waals surface area (Å²) in [6, 6.07) is 13.6. The highest BCUT2D eigenvalue weighted by molar-refractivity contribution is 9.11. The predicted molar refractivity (Wildman–Crippen MR) is 108 cm³/mol. The molecule has 0 aliphatic rings. The van der Waals surface area contributed by atoms with E-state index in [2.05, 4.69) is 75.3 Å². The fourth-order valence-corrected chi connectivity index (χ4v) is 3.18. The highest BCUT2D eigenvalue weighted by atomic mass is 79.9. The lowest BCUT2D eigenvalue weighted by atomic mass is 9.87. The summed E-state index contributed by atoms with van der Waals surface area (Å²) in [6.45, 7) is 6.39. The third-order valence-electron chi connectivity index (χ3n) is 3.43. The fraction of sp³-hybridized carbons (Fsp3) is 0.263. The third kappa shape index (κ3) is 6.29. The second kappa shape index (κ2) is 8.63. The van der Waals surface area contributed by atoms with Crippen molar-refractivity contribution in [1.82, 2.24) is 5.43 Å². The van der Waals surface area contributed by atoms with Crippen LogP contribution in [-0.2, 0) is 10.2 Å². The number of nitrogens with one attached hydrogen (secondary N) is 1. The van der Waals surface area contributed by atoms with Gasteiger partial charge in [0.2, 0.25) is 0 Å². The Kier molecular flexibility index (Phi) is 6.79. The third-order valence-corrected chi connectivity index (χ3v) is 4.55. The van der Waals surface area contributed by atoms with Crippen molar-refractivity contribution in [2.24, 2.45) is 5.10 Å². The van der Waals surface area contributed by atoms with Crippen molar-refractivity contribution in [2.75, 3.05) is 6.61 Å². The predicted octanol–water partition coefficient (Wildman–Crippen LogP) is 5.04. The number of carbonyl (C=O) groups is 1. The van der Waals surface area contributed by atoms with Crippen molar-refractivity contribution in [1.29, 1.82) is 0 Å². The summed E-state index contributed by atoms with van der Waals surface area (Å²) in [4.78, 5) is 11.8. The molecule has 0 atom stereocenters. The molecule has 0 saturated heterocycles. The first-order valence-electron chi connectivity index (χ1n) is 7.76. The molecule has 2 aromatic carbocycles. The van der Waals surface area contributed by atoms with Crippen LogP contribution in [0.25, 0.3) is 0 Å². The summed E-state index contributed by atoms with van der Waals surface area (Å²) in [7, 11) is 0. The Hall–Kier alpha value is -1.66. The van der Waals surface area contributed by atoms with Crippen LogP contribution in [0, 0.1) is 0 Å². The Bertz CT molecular complexity index is 766. The number of carbonyl (C=O) groups excluding carboxylic acids is 1. The zero-order valence-electron chi connectivity index (χ0n) is 14.3. The Balaban J connectivity index is 1.84. The van der Waals surface area contributed by atoms with Crippen molar-refractivity contribution < 1.29 is 9.53 Å². The number of hydrogen-bond acceptors (Lipinski definition) is 3. The monoisotopic (exact) mass is 466 g/mol. The normalized spacial score (nSPS) is 11.6. The molecule has 0 heterocycles. The Morgan fingerprint density at radius 2 is 1.84 bits per heavy atom. The van der Waals surface area contributed by atoms with Crippen LogP contribution < -0.4 is 10.2 Å². The summed E-state index contributed by atoms with van der Waals surface area (Å²) >= 11 is 6.75. The first kappa shape index (κ1) is 19.7. The van der Waals surface area contributed by atoms with Gasteiger partial charge in [0.05, 0.1) is 10.7 Å². The molecule has 0 spiro atoms. The van der Waals surface area contributed by atoms with Crippen molar-refractivity contribution in [3.63, 3.8) is 0 Å². The molecule has 0 bridgehead atoms. The van der Waals surface area contributed by atoms with Crippen LogP contribution in [0.3, 0.4) is 0 Å². The smallest absolute Gasteiger partial charge is 0.277 e. The molecule has 2 rings (SSSR count). The number of hydrogen-bond donors (Lipinski definition) is 1. The van der Waals surface area contributed by atoms with E-state index in [1.165, 1.54) is 5.56 Å². The van der Waals surface area contributed by atoms with Gasteiger partial charge in [-0.3, -0.25) is 4.79 Å². The molecular formula is C19H20Br2N2O2. The van der Waals surface area contributed by atoms with Gasteiger partial charge in [-0.1, -0.05) is 61.0 Å². The highest BCUT2D eigenvalue weighted by Crippen LogP contribution is 2.28. The zero-order valence-corrected chi connectivity index (χ0v) is 17.5. The molecule has 0 aliphatic heterocycles. The van der Waals surface area contributed by atoms with Crippen molar-refractivity contribution in [2.45, 2.75) is 26.2 Å². The molecule has 0 fully saturated rings. The lowest BCUT2D eigenvalue weighted by Crippen LogP contribution is -2.24. The van der Waals surface area contributed by atoms with E-state index in [9.17, 15) is 4.79 Å². The summed E-state index contributed by atoms with van der Waals surface area (Å²) in [6.07, 6.45) is 1.61. The molecule has 1 amide bonds. The molecule has 6 heteroatoms. The van der Waals surface area contributed by atoms with E-state index < -0.39 is 0 Å². The van der Waals surface area contributed by atoms with E-state index in [4.69, 9.17) is 4.74 Å². The highest BCUT2D eigenvalue weighted by Gasteiger charge is 2.12. The first-order valence-corrected chi connectivity index (χ1v) is 9.34. The van der Waals surface area contributed by atoms with Crippen LogP contribution in [0.1, 0.15) is 31.9 Å². The van der Waals surface area contributed by atoms with Gasteiger partial charge in [0, 0.05) is 4.47 Å². The summed E-state index contributed by atoms with van der Waals surface area (Å²) in [5, 5.41) is 3.96. The van der Waals surface area contributed by atoms with Gasteiger partial charge in [-0.2, -0.15) is 5.10 Å². The molecule has 132 valence electrons. The lowest BCUT2D eigenvalue weighted by molar-refractivity contribution is -0.123. The van der Waals surface area contributed by atoms with E-state index in [1.54, 1.807) is 12.3 Å². The van der Waals surface area contributed by atoms with E-state index in [0.717, 1.165) is 14.5 Å². The maximum atomic E-state index is 11.8. The minimum atomic E-state index is -0.322. The van der Waals surface area contributed by atoms with E-state index in [-0.39, 0.29) is 17.9 Å². The maximum absolute atomic E-state index is 11.8. The Labute approximate surface area is 164 Å². The molecule has 0 aromatic heterocycles. The number of rotatable bonds is 5. The maximum Gasteiger partial charge on any atom is 0.277 e. The number of halogens is 2. The molecule has 2 aromatic rings. The largest absolute Gasteiger partial charge is 0.483 e. The molecule has 0 saturated carbocycles. The number of ether oxygens (including phenoxy) is 1. The van der Waals surface area contributed by atoms with Gasteiger partial charge in [0.25, 0.3) is 5.91 Å². The summed E-state index contributed by atoms with van der Waals surface area (Å²) < 4.78 is 7.16. The van der Waals surface area contributed by atoms with Crippen molar-refractivity contribution in [3.05, 3.63) is 62.5 Å². The lowest BCUT2D eigenvalue weighted by Gasteiger charge is -2.18. The standard InChI is InChI=1S/C19H20Br2N2O2/c1-19(2,3)14-6-4-13(5-7-14)11-22-23-18(24)12-25-17-9-8-15(20)10-16(17)21/h4-11H,12H2,1-3H3,(H,23,24)/b22-11+. The van der Waals surface area contributed by atoms with E-state index >= 15 is 0 Å². The van der Waals surface area contributed by atoms with Crippen LogP contribution in [0.15, 0.2) is 56.5 Å². The van der Waals surface area contributed by atoms with Crippen LogP contribution in [0.4, 0.5) is 0 Å². The van der Waals surface area contributed by atoms with Crippen LogP contribution in [0.5, 0.6) is 5.75 Å². The second-order valence-corrected chi connectivity index (χ2v) is 8.30. The topological polar surface area (TPSA) is 50.7 Å². The van der Waals surface area contributed by atoms with Gasteiger partial charge in [-0.05, 0) is 50.7 Å².